The minimum atomic E-state index is -0.245. The van der Waals surface area contributed by atoms with E-state index in [1.54, 1.807) is 32.4 Å². The van der Waals surface area contributed by atoms with Crippen molar-refractivity contribution in [3.63, 3.8) is 0 Å². The van der Waals surface area contributed by atoms with E-state index in [1.165, 1.54) is 0 Å². The van der Waals surface area contributed by atoms with Crippen molar-refractivity contribution < 1.29 is 14.3 Å². The van der Waals surface area contributed by atoms with E-state index in [0.717, 1.165) is 11.4 Å². The van der Waals surface area contributed by atoms with Gasteiger partial charge in [0, 0.05) is 33.7 Å². The summed E-state index contributed by atoms with van der Waals surface area (Å²) in [7, 11) is 3.09. The van der Waals surface area contributed by atoms with E-state index in [1.807, 2.05) is 48.5 Å². The molecule has 0 unspecified atom stereocenters. The normalized spacial score (nSPS) is 10.2. The van der Waals surface area contributed by atoms with Gasteiger partial charge in [-0.1, -0.05) is 11.6 Å². The predicted molar refractivity (Wildman–Crippen MR) is 109 cm³/mol. The Bertz CT molecular complexity index is 903. The van der Waals surface area contributed by atoms with Gasteiger partial charge >= 0.3 is 0 Å². The number of rotatable bonds is 6. The molecule has 0 atom stereocenters. The number of anilines is 3. The molecule has 0 saturated heterocycles. The lowest BCUT2D eigenvalue weighted by Crippen LogP contribution is -2.12. The number of hydrogen-bond acceptors (Lipinski definition) is 4. The second-order valence-electron chi connectivity index (χ2n) is 5.76. The van der Waals surface area contributed by atoms with Crippen molar-refractivity contribution in [3.8, 4) is 11.5 Å². The molecular weight excluding hydrogens is 364 g/mol. The van der Waals surface area contributed by atoms with Gasteiger partial charge in [-0.2, -0.15) is 0 Å². The Kier molecular flexibility index (Phi) is 5.84. The molecule has 3 aromatic carbocycles. The monoisotopic (exact) mass is 382 g/mol. The highest BCUT2D eigenvalue weighted by molar-refractivity contribution is 6.30. The van der Waals surface area contributed by atoms with Crippen molar-refractivity contribution in [1.82, 2.24) is 0 Å². The van der Waals surface area contributed by atoms with Crippen molar-refractivity contribution in [3.05, 3.63) is 77.3 Å². The molecule has 0 spiro atoms. The highest BCUT2D eigenvalue weighted by Crippen LogP contribution is 2.24. The number of benzene rings is 3. The van der Waals surface area contributed by atoms with Gasteiger partial charge in [0.2, 0.25) is 0 Å². The van der Waals surface area contributed by atoms with Gasteiger partial charge in [0.1, 0.15) is 11.5 Å². The average Bonchev–Trinajstić information content (AvgIpc) is 2.70. The van der Waals surface area contributed by atoms with Crippen LogP contribution < -0.4 is 20.1 Å². The van der Waals surface area contributed by atoms with E-state index in [4.69, 9.17) is 21.1 Å². The van der Waals surface area contributed by atoms with Crippen molar-refractivity contribution in [2.75, 3.05) is 24.9 Å². The lowest BCUT2D eigenvalue weighted by Gasteiger charge is -2.10. The first-order valence-electron chi connectivity index (χ1n) is 8.24. The van der Waals surface area contributed by atoms with Crippen LogP contribution in [0.25, 0.3) is 0 Å². The van der Waals surface area contributed by atoms with E-state index >= 15 is 0 Å². The number of methoxy groups -OCH3 is 2. The van der Waals surface area contributed by atoms with Gasteiger partial charge in [-0.15, -0.1) is 0 Å². The Labute approximate surface area is 162 Å². The third-order valence-corrected chi connectivity index (χ3v) is 4.14. The summed E-state index contributed by atoms with van der Waals surface area (Å²) in [5.74, 6) is 0.870. The average molecular weight is 383 g/mol. The van der Waals surface area contributed by atoms with Crippen LogP contribution in [0.15, 0.2) is 66.7 Å². The molecule has 27 heavy (non-hydrogen) atoms. The van der Waals surface area contributed by atoms with E-state index in [2.05, 4.69) is 10.6 Å². The van der Waals surface area contributed by atoms with Gasteiger partial charge in [-0.05, 0) is 60.7 Å². The number of hydrogen-bond donors (Lipinski definition) is 2. The smallest absolute Gasteiger partial charge is 0.255 e. The second kappa shape index (κ2) is 8.47. The van der Waals surface area contributed by atoms with Crippen LogP contribution >= 0.6 is 11.6 Å². The summed E-state index contributed by atoms with van der Waals surface area (Å²) in [6, 6.07) is 19.9. The zero-order valence-electron chi connectivity index (χ0n) is 15.0. The molecule has 1 amide bonds. The summed E-state index contributed by atoms with van der Waals surface area (Å²) in [4.78, 5) is 12.5. The zero-order valence-corrected chi connectivity index (χ0v) is 15.7. The van der Waals surface area contributed by atoms with Crippen molar-refractivity contribution in [2.24, 2.45) is 0 Å². The third kappa shape index (κ3) is 4.92. The summed E-state index contributed by atoms with van der Waals surface area (Å²) in [5.41, 5.74) is 2.97. The van der Waals surface area contributed by atoms with Crippen LogP contribution in [0.3, 0.4) is 0 Å². The molecule has 0 radical (unpaired) electrons. The zero-order chi connectivity index (χ0) is 19.2. The number of ether oxygens (including phenoxy) is 2. The number of nitrogens with one attached hydrogen (secondary N) is 2. The number of halogens is 1. The van der Waals surface area contributed by atoms with Crippen LogP contribution in [0.4, 0.5) is 17.1 Å². The van der Waals surface area contributed by atoms with Crippen molar-refractivity contribution in [2.45, 2.75) is 0 Å². The van der Waals surface area contributed by atoms with E-state index in [-0.39, 0.29) is 5.91 Å². The van der Waals surface area contributed by atoms with E-state index in [9.17, 15) is 4.79 Å². The van der Waals surface area contributed by atoms with Gasteiger partial charge in [-0.25, -0.2) is 0 Å². The molecule has 0 saturated carbocycles. The maximum atomic E-state index is 12.5. The first-order valence-corrected chi connectivity index (χ1v) is 8.62. The molecule has 0 aliphatic rings. The fourth-order valence-electron chi connectivity index (χ4n) is 2.48. The molecule has 5 nitrogen and oxygen atoms in total. The number of amides is 1. The summed E-state index contributed by atoms with van der Waals surface area (Å²) in [6.45, 7) is 0. The molecule has 0 aliphatic heterocycles. The third-order valence-electron chi connectivity index (χ3n) is 3.89. The van der Waals surface area contributed by atoms with Crippen LogP contribution in [0.2, 0.25) is 5.02 Å². The maximum absolute atomic E-state index is 12.5. The van der Waals surface area contributed by atoms with Gasteiger partial charge in [0.05, 0.1) is 14.2 Å². The quantitative estimate of drug-likeness (QED) is 0.603. The topological polar surface area (TPSA) is 59.6 Å². The molecule has 0 aromatic heterocycles. The second-order valence-corrected chi connectivity index (χ2v) is 6.20. The highest BCUT2D eigenvalue weighted by Gasteiger charge is 2.10. The summed E-state index contributed by atoms with van der Waals surface area (Å²) in [5, 5.41) is 6.82. The molecule has 2 N–H and O–H groups in total. The van der Waals surface area contributed by atoms with Gasteiger partial charge < -0.3 is 20.1 Å². The van der Waals surface area contributed by atoms with Gasteiger partial charge in [0.15, 0.2) is 0 Å². The van der Waals surface area contributed by atoms with Gasteiger partial charge in [-0.3, -0.25) is 4.79 Å². The number of carbonyl (C=O) groups excluding carboxylic acids is 1. The summed E-state index contributed by atoms with van der Waals surface area (Å²) in [6.07, 6.45) is 0. The van der Waals surface area contributed by atoms with Crippen LogP contribution in [0, 0.1) is 0 Å². The van der Waals surface area contributed by atoms with Crippen LogP contribution in [-0.4, -0.2) is 20.1 Å². The lowest BCUT2D eigenvalue weighted by molar-refractivity contribution is 0.102. The Morgan fingerprint density at radius 2 is 1.26 bits per heavy atom. The Morgan fingerprint density at radius 1 is 0.778 bits per heavy atom. The number of carbonyl (C=O) groups is 1. The largest absolute Gasteiger partial charge is 0.497 e. The van der Waals surface area contributed by atoms with Gasteiger partial charge in [0.25, 0.3) is 5.91 Å². The van der Waals surface area contributed by atoms with Crippen LogP contribution in [0.1, 0.15) is 10.4 Å². The predicted octanol–water partition coefficient (Wildman–Crippen LogP) is 5.35. The molecule has 138 valence electrons. The molecule has 0 fully saturated rings. The first kappa shape index (κ1) is 18.6. The van der Waals surface area contributed by atoms with E-state index < -0.39 is 0 Å². The van der Waals surface area contributed by atoms with Crippen LogP contribution in [0.5, 0.6) is 11.5 Å². The SMILES string of the molecule is COc1cc(OC)cc(C(=O)Nc2ccc(Nc3ccc(Cl)cc3)cc2)c1. The van der Waals surface area contributed by atoms with Crippen molar-refractivity contribution in [1.29, 1.82) is 0 Å². The molecular formula is C21H19ClN2O3. The minimum absolute atomic E-state index is 0.245. The summed E-state index contributed by atoms with van der Waals surface area (Å²) >= 11 is 5.89. The molecule has 3 rings (SSSR count). The fourth-order valence-corrected chi connectivity index (χ4v) is 2.60. The molecule has 0 heterocycles. The minimum Gasteiger partial charge on any atom is -0.497 e. The Balaban J connectivity index is 1.69. The maximum Gasteiger partial charge on any atom is 0.255 e. The first-order chi connectivity index (χ1) is 13.1. The van der Waals surface area contributed by atoms with Crippen LogP contribution in [-0.2, 0) is 0 Å². The lowest BCUT2D eigenvalue weighted by atomic mass is 10.1. The standard InChI is InChI=1S/C21H19ClN2O3/c1-26-19-11-14(12-20(13-19)27-2)21(25)24-18-9-7-17(8-10-18)23-16-5-3-15(22)4-6-16/h3-13,23H,1-2H3,(H,24,25). The molecule has 0 bridgehead atoms. The highest BCUT2D eigenvalue weighted by atomic mass is 35.5. The summed E-state index contributed by atoms with van der Waals surface area (Å²) < 4.78 is 10.4. The van der Waals surface area contributed by atoms with Crippen molar-refractivity contribution >= 4 is 34.6 Å². The van der Waals surface area contributed by atoms with E-state index in [0.29, 0.717) is 27.8 Å². The molecule has 6 heteroatoms. The molecule has 3 aromatic rings. The Morgan fingerprint density at radius 3 is 1.78 bits per heavy atom. The fraction of sp³-hybridized carbons (Fsp3) is 0.0952. The molecule has 0 aliphatic carbocycles. The Hall–Kier alpha value is -3.18.